The minimum atomic E-state index is -0.524. The second-order valence-corrected chi connectivity index (χ2v) is 8.03. The molecule has 0 aliphatic carbocycles. The monoisotopic (exact) mass is 420 g/mol. The number of thiazole rings is 1. The summed E-state index contributed by atoms with van der Waals surface area (Å²) in [7, 11) is 1.28. The number of nitrogens with one attached hydrogen (secondary N) is 1. The molecular formula is C19H20N2O5S2. The highest BCUT2D eigenvalue weighted by atomic mass is 32.1. The molecule has 0 saturated heterocycles. The second-order valence-electron chi connectivity index (χ2n) is 5.89. The number of rotatable bonds is 9. The van der Waals surface area contributed by atoms with E-state index in [2.05, 4.69) is 34.1 Å². The first-order valence-corrected chi connectivity index (χ1v) is 10.3. The second kappa shape index (κ2) is 9.52. The van der Waals surface area contributed by atoms with Crippen LogP contribution in [0.25, 0.3) is 10.6 Å². The fraction of sp³-hybridized carbons (Fsp3) is 0.316. The summed E-state index contributed by atoms with van der Waals surface area (Å²) in [6.07, 6.45) is 2.22. The van der Waals surface area contributed by atoms with Crippen molar-refractivity contribution in [1.82, 2.24) is 4.98 Å². The number of hydrogen-bond donors (Lipinski definition) is 1. The number of aryl methyl sites for hydroxylation is 1. The summed E-state index contributed by atoms with van der Waals surface area (Å²) in [5.41, 5.74) is 1.22. The minimum Gasteiger partial charge on any atom is -0.465 e. The molecule has 28 heavy (non-hydrogen) atoms. The third-order valence-corrected chi connectivity index (χ3v) is 5.67. The molecular weight excluding hydrogens is 400 g/mol. The van der Waals surface area contributed by atoms with Crippen LogP contribution in [0, 0.1) is 6.92 Å². The first kappa shape index (κ1) is 20.1. The molecule has 0 aliphatic heterocycles. The number of esters is 2. The molecule has 0 bridgehead atoms. The maximum atomic E-state index is 11.9. The summed E-state index contributed by atoms with van der Waals surface area (Å²) in [6.45, 7) is 2.58. The summed E-state index contributed by atoms with van der Waals surface area (Å²) in [5, 5.41) is 6.07. The Labute approximate surface area is 170 Å². The van der Waals surface area contributed by atoms with E-state index < -0.39 is 5.97 Å². The third-order valence-electron chi connectivity index (χ3n) is 3.85. The van der Waals surface area contributed by atoms with Crippen LogP contribution in [-0.4, -0.2) is 30.6 Å². The van der Waals surface area contributed by atoms with Gasteiger partial charge in [-0.25, -0.2) is 9.78 Å². The molecule has 0 spiro atoms. The molecule has 0 saturated carbocycles. The Bertz CT molecular complexity index is 944. The lowest BCUT2D eigenvalue weighted by Crippen LogP contribution is -2.10. The van der Waals surface area contributed by atoms with Gasteiger partial charge in [0.2, 0.25) is 0 Å². The highest BCUT2D eigenvalue weighted by Crippen LogP contribution is 2.30. The maximum absolute atomic E-state index is 11.9. The van der Waals surface area contributed by atoms with Crippen molar-refractivity contribution in [2.45, 2.75) is 26.4 Å². The molecule has 0 unspecified atom stereocenters. The Morgan fingerprint density at radius 3 is 2.89 bits per heavy atom. The lowest BCUT2D eigenvalue weighted by molar-refractivity contribution is -0.145. The highest BCUT2D eigenvalue weighted by molar-refractivity contribution is 7.16. The van der Waals surface area contributed by atoms with Crippen LogP contribution < -0.4 is 5.32 Å². The standard InChI is InChI=1S/C19H20N2O5S2/c1-12-5-6-16(28-12)14-11-27-19(21-14)20-8-3-4-17(22)26-10-15-13(7-9-25-15)18(23)24-2/h5-7,9,11H,3-4,8,10H2,1-2H3,(H,20,21). The molecule has 3 aromatic heterocycles. The van der Waals surface area contributed by atoms with Gasteiger partial charge in [0.25, 0.3) is 0 Å². The van der Waals surface area contributed by atoms with Gasteiger partial charge in [0.05, 0.1) is 23.9 Å². The first-order valence-electron chi connectivity index (χ1n) is 8.63. The van der Waals surface area contributed by atoms with Gasteiger partial charge in [-0.2, -0.15) is 0 Å². The Balaban J connectivity index is 1.37. The maximum Gasteiger partial charge on any atom is 0.341 e. The molecule has 0 aromatic carbocycles. The summed E-state index contributed by atoms with van der Waals surface area (Å²) < 4.78 is 15.0. The van der Waals surface area contributed by atoms with E-state index in [0.29, 0.717) is 13.0 Å². The van der Waals surface area contributed by atoms with E-state index in [1.807, 2.05) is 5.38 Å². The number of hydrogen-bond acceptors (Lipinski definition) is 9. The molecule has 148 valence electrons. The molecule has 3 heterocycles. The average molecular weight is 421 g/mol. The van der Waals surface area contributed by atoms with Crippen molar-refractivity contribution in [2.75, 3.05) is 19.0 Å². The van der Waals surface area contributed by atoms with Crippen LogP contribution in [0.5, 0.6) is 0 Å². The number of ether oxygens (including phenoxy) is 2. The Hall–Kier alpha value is -2.65. The van der Waals surface area contributed by atoms with Crippen LogP contribution in [0.2, 0.25) is 0 Å². The number of carbonyl (C=O) groups is 2. The molecule has 0 amide bonds. The van der Waals surface area contributed by atoms with Crippen molar-refractivity contribution in [1.29, 1.82) is 0 Å². The Kier molecular flexibility index (Phi) is 6.83. The van der Waals surface area contributed by atoms with Gasteiger partial charge < -0.3 is 19.2 Å². The largest absolute Gasteiger partial charge is 0.465 e. The van der Waals surface area contributed by atoms with Crippen LogP contribution >= 0.6 is 22.7 Å². The molecule has 9 heteroatoms. The molecule has 7 nitrogen and oxygen atoms in total. The number of thiophene rings is 1. The van der Waals surface area contributed by atoms with Crippen LogP contribution in [0.15, 0.2) is 34.3 Å². The zero-order chi connectivity index (χ0) is 19.9. The number of methoxy groups -OCH3 is 1. The SMILES string of the molecule is COC(=O)c1ccoc1COC(=O)CCCNc1nc(-c2ccc(C)s2)cs1. The fourth-order valence-electron chi connectivity index (χ4n) is 2.43. The van der Waals surface area contributed by atoms with Crippen molar-refractivity contribution in [2.24, 2.45) is 0 Å². The van der Waals surface area contributed by atoms with E-state index in [9.17, 15) is 9.59 Å². The molecule has 3 aromatic rings. The van der Waals surface area contributed by atoms with E-state index in [0.717, 1.165) is 15.7 Å². The third kappa shape index (κ3) is 5.20. The molecule has 0 atom stereocenters. The summed E-state index contributed by atoms with van der Waals surface area (Å²) in [5.74, 6) is -0.607. The van der Waals surface area contributed by atoms with Crippen LogP contribution in [-0.2, 0) is 20.9 Å². The molecule has 0 fully saturated rings. The Morgan fingerprint density at radius 1 is 1.29 bits per heavy atom. The first-order chi connectivity index (χ1) is 13.6. The number of anilines is 1. The number of furan rings is 1. The van der Waals surface area contributed by atoms with Crippen molar-refractivity contribution in [3.63, 3.8) is 0 Å². The van der Waals surface area contributed by atoms with Gasteiger partial charge in [-0.05, 0) is 31.5 Å². The highest BCUT2D eigenvalue weighted by Gasteiger charge is 2.16. The van der Waals surface area contributed by atoms with Crippen LogP contribution in [0.4, 0.5) is 5.13 Å². The van der Waals surface area contributed by atoms with Gasteiger partial charge in [0, 0.05) is 23.2 Å². The van der Waals surface area contributed by atoms with Crippen molar-refractivity contribution in [3.05, 3.63) is 46.0 Å². The number of aromatic nitrogens is 1. The topological polar surface area (TPSA) is 90.7 Å². The van der Waals surface area contributed by atoms with E-state index in [1.54, 1.807) is 11.3 Å². The lowest BCUT2D eigenvalue weighted by Gasteiger charge is -2.05. The summed E-state index contributed by atoms with van der Waals surface area (Å²) in [4.78, 5) is 30.4. The predicted molar refractivity (Wildman–Crippen MR) is 108 cm³/mol. The van der Waals surface area contributed by atoms with E-state index in [-0.39, 0.29) is 30.3 Å². The van der Waals surface area contributed by atoms with E-state index in [1.165, 1.54) is 35.7 Å². The van der Waals surface area contributed by atoms with Gasteiger partial charge in [-0.15, -0.1) is 22.7 Å². The van der Waals surface area contributed by atoms with E-state index in [4.69, 9.17) is 9.15 Å². The average Bonchev–Trinajstić information content (AvgIpc) is 3.43. The molecule has 0 aliphatic rings. The number of nitrogens with zero attached hydrogens (tertiary/aromatic N) is 1. The summed E-state index contributed by atoms with van der Waals surface area (Å²) in [6, 6.07) is 5.63. The number of carbonyl (C=O) groups excluding carboxylic acids is 2. The van der Waals surface area contributed by atoms with Gasteiger partial charge in [0.1, 0.15) is 12.2 Å². The Morgan fingerprint density at radius 2 is 2.14 bits per heavy atom. The predicted octanol–water partition coefficient (Wildman–Crippen LogP) is 4.50. The molecule has 1 N–H and O–H groups in total. The lowest BCUT2D eigenvalue weighted by atomic mass is 10.2. The summed E-state index contributed by atoms with van der Waals surface area (Å²) >= 11 is 3.25. The van der Waals surface area contributed by atoms with Crippen molar-refractivity contribution >= 4 is 39.7 Å². The van der Waals surface area contributed by atoms with Crippen LogP contribution in [0.3, 0.4) is 0 Å². The minimum absolute atomic E-state index is 0.0975. The molecule has 3 rings (SSSR count). The van der Waals surface area contributed by atoms with Gasteiger partial charge in [-0.1, -0.05) is 0 Å². The van der Waals surface area contributed by atoms with Gasteiger partial charge in [0.15, 0.2) is 10.9 Å². The van der Waals surface area contributed by atoms with E-state index >= 15 is 0 Å². The zero-order valence-corrected chi connectivity index (χ0v) is 17.2. The van der Waals surface area contributed by atoms with Crippen molar-refractivity contribution in [3.8, 4) is 10.6 Å². The fourth-order valence-corrected chi connectivity index (χ4v) is 4.07. The van der Waals surface area contributed by atoms with Crippen molar-refractivity contribution < 1.29 is 23.5 Å². The molecule has 0 radical (unpaired) electrons. The van der Waals surface area contributed by atoms with Crippen LogP contribution in [0.1, 0.15) is 33.8 Å². The quantitative estimate of drug-likeness (QED) is 0.403. The normalized spacial score (nSPS) is 10.6. The van der Waals surface area contributed by atoms with Gasteiger partial charge in [-0.3, -0.25) is 4.79 Å². The smallest absolute Gasteiger partial charge is 0.341 e. The van der Waals surface area contributed by atoms with Gasteiger partial charge >= 0.3 is 11.9 Å². The zero-order valence-electron chi connectivity index (χ0n) is 15.5.